The third-order valence-corrected chi connectivity index (χ3v) is 7.42. The topological polar surface area (TPSA) is 49.4 Å². The van der Waals surface area contributed by atoms with Gasteiger partial charge in [0.05, 0.1) is 4.90 Å². The fourth-order valence-electron chi connectivity index (χ4n) is 3.43. The maximum absolute atomic E-state index is 12.8. The zero-order valence-corrected chi connectivity index (χ0v) is 14.4. The van der Waals surface area contributed by atoms with Gasteiger partial charge in [-0.2, -0.15) is 4.31 Å². The number of rotatable bonds is 3. The summed E-state index contributed by atoms with van der Waals surface area (Å²) in [6, 6.07) is 7.56. The van der Waals surface area contributed by atoms with Crippen molar-refractivity contribution < 1.29 is 8.42 Å². The van der Waals surface area contributed by atoms with Crippen LogP contribution in [0.25, 0.3) is 0 Å². The summed E-state index contributed by atoms with van der Waals surface area (Å²) in [5, 5.41) is 3.52. The Morgan fingerprint density at radius 1 is 1.19 bits per heavy atom. The summed E-state index contributed by atoms with van der Waals surface area (Å²) in [4.78, 5) is 0.380. The molecular weight excluding hydrogens is 352 g/mol. The summed E-state index contributed by atoms with van der Waals surface area (Å²) in [6.07, 6.45) is 4.46. The minimum Gasteiger partial charge on any atom is -0.314 e. The van der Waals surface area contributed by atoms with E-state index in [0.29, 0.717) is 34.4 Å². The van der Waals surface area contributed by atoms with Gasteiger partial charge in [-0.25, -0.2) is 8.42 Å². The third kappa shape index (κ3) is 3.18. The van der Waals surface area contributed by atoms with E-state index < -0.39 is 10.0 Å². The van der Waals surface area contributed by atoms with Crippen molar-refractivity contribution in [3.8, 4) is 0 Å². The van der Waals surface area contributed by atoms with Crippen LogP contribution < -0.4 is 5.32 Å². The molecule has 4 nitrogen and oxygen atoms in total. The molecule has 2 saturated heterocycles. The van der Waals surface area contributed by atoms with Crippen LogP contribution >= 0.6 is 15.9 Å². The normalized spacial score (nSPS) is 27.9. The first-order chi connectivity index (χ1) is 10.1. The molecule has 0 saturated carbocycles. The highest BCUT2D eigenvalue weighted by Gasteiger charge is 2.35. The lowest BCUT2D eigenvalue weighted by Gasteiger charge is -2.35. The highest BCUT2D eigenvalue weighted by molar-refractivity contribution is 9.10. The number of halogens is 1. The summed E-state index contributed by atoms with van der Waals surface area (Å²) in [5.41, 5.74) is 0. The third-order valence-electron chi connectivity index (χ3n) is 4.54. The highest BCUT2D eigenvalue weighted by Crippen LogP contribution is 2.30. The zero-order chi connectivity index (χ0) is 14.9. The fraction of sp³-hybridized carbons (Fsp3) is 0.600. The van der Waals surface area contributed by atoms with Gasteiger partial charge in [-0.3, -0.25) is 0 Å². The maximum atomic E-state index is 12.8. The molecule has 0 spiro atoms. The van der Waals surface area contributed by atoms with Gasteiger partial charge < -0.3 is 5.32 Å². The molecule has 2 atom stereocenters. The highest BCUT2D eigenvalue weighted by atomic mass is 79.9. The SMILES string of the molecule is O=S(=O)(c1ccccc1Br)N1CCCC(C2CCCN2)C1. The molecule has 0 aliphatic carbocycles. The molecule has 3 rings (SSSR count). The second-order valence-electron chi connectivity index (χ2n) is 5.90. The molecule has 1 aromatic carbocycles. The Balaban J connectivity index is 1.80. The summed E-state index contributed by atoms with van der Waals surface area (Å²) < 4.78 is 28.0. The van der Waals surface area contributed by atoms with Crippen molar-refractivity contribution in [1.29, 1.82) is 0 Å². The molecule has 1 aromatic rings. The number of hydrogen-bond donors (Lipinski definition) is 1. The molecule has 116 valence electrons. The number of sulfonamides is 1. The van der Waals surface area contributed by atoms with Crippen LogP contribution in [0.15, 0.2) is 33.6 Å². The van der Waals surface area contributed by atoms with Crippen LogP contribution in [0.1, 0.15) is 25.7 Å². The predicted molar refractivity (Wildman–Crippen MR) is 86.6 cm³/mol. The van der Waals surface area contributed by atoms with E-state index in [1.807, 2.05) is 6.07 Å². The van der Waals surface area contributed by atoms with E-state index in [0.717, 1.165) is 19.4 Å². The molecule has 2 aliphatic rings. The molecule has 2 unspecified atom stereocenters. The zero-order valence-electron chi connectivity index (χ0n) is 12.0. The number of nitrogens with zero attached hydrogens (tertiary/aromatic N) is 1. The Bertz CT molecular complexity index is 599. The van der Waals surface area contributed by atoms with E-state index in [2.05, 4.69) is 21.2 Å². The van der Waals surface area contributed by atoms with Crippen LogP contribution in [0.2, 0.25) is 0 Å². The Morgan fingerprint density at radius 3 is 2.71 bits per heavy atom. The molecule has 1 N–H and O–H groups in total. The van der Waals surface area contributed by atoms with E-state index >= 15 is 0 Å². The van der Waals surface area contributed by atoms with Crippen molar-refractivity contribution in [2.45, 2.75) is 36.6 Å². The Morgan fingerprint density at radius 2 is 2.00 bits per heavy atom. The summed E-state index contributed by atoms with van der Waals surface area (Å²) in [6.45, 7) is 2.34. The van der Waals surface area contributed by atoms with Gasteiger partial charge in [0.1, 0.15) is 0 Å². The first kappa shape index (κ1) is 15.5. The van der Waals surface area contributed by atoms with Crippen molar-refractivity contribution in [1.82, 2.24) is 9.62 Å². The minimum atomic E-state index is -3.40. The minimum absolute atomic E-state index is 0.380. The summed E-state index contributed by atoms with van der Waals surface area (Å²) in [7, 11) is -3.40. The van der Waals surface area contributed by atoms with Crippen LogP contribution in [-0.2, 0) is 10.0 Å². The van der Waals surface area contributed by atoms with Gasteiger partial charge in [-0.1, -0.05) is 12.1 Å². The fourth-order valence-corrected chi connectivity index (χ4v) is 5.93. The van der Waals surface area contributed by atoms with Crippen molar-refractivity contribution in [2.24, 2.45) is 5.92 Å². The van der Waals surface area contributed by atoms with E-state index in [1.165, 1.54) is 12.8 Å². The van der Waals surface area contributed by atoms with E-state index in [4.69, 9.17) is 0 Å². The summed E-state index contributed by atoms with van der Waals surface area (Å²) in [5.74, 6) is 0.443. The van der Waals surface area contributed by atoms with E-state index in [-0.39, 0.29) is 0 Å². The van der Waals surface area contributed by atoms with Gasteiger partial charge in [0.2, 0.25) is 10.0 Å². The van der Waals surface area contributed by atoms with Gasteiger partial charge in [-0.15, -0.1) is 0 Å². The first-order valence-electron chi connectivity index (χ1n) is 7.57. The average molecular weight is 373 g/mol. The lowest BCUT2D eigenvalue weighted by Crippen LogP contribution is -2.45. The van der Waals surface area contributed by atoms with Crippen LogP contribution in [0.5, 0.6) is 0 Å². The van der Waals surface area contributed by atoms with Crippen LogP contribution in [0, 0.1) is 5.92 Å². The molecule has 2 fully saturated rings. The molecule has 0 amide bonds. The van der Waals surface area contributed by atoms with Crippen molar-refractivity contribution in [3.05, 3.63) is 28.7 Å². The standard InChI is InChI=1S/C15H21BrN2O2S/c16-13-6-1-2-8-15(13)21(19,20)18-10-4-5-12(11-18)14-7-3-9-17-14/h1-2,6,8,12,14,17H,3-5,7,9-11H2. The van der Waals surface area contributed by atoms with Crippen LogP contribution in [0.3, 0.4) is 0 Å². The maximum Gasteiger partial charge on any atom is 0.244 e. The number of benzene rings is 1. The van der Waals surface area contributed by atoms with Crippen molar-refractivity contribution in [3.63, 3.8) is 0 Å². The molecule has 0 bridgehead atoms. The predicted octanol–water partition coefficient (Wildman–Crippen LogP) is 2.60. The Labute approximate surface area is 135 Å². The van der Waals surface area contributed by atoms with Gasteiger partial charge >= 0.3 is 0 Å². The van der Waals surface area contributed by atoms with Gasteiger partial charge in [0.25, 0.3) is 0 Å². The molecule has 6 heteroatoms. The molecule has 0 aromatic heterocycles. The van der Waals surface area contributed by atoms with E-state index in [1.54, 1.807) is 22.5 Å². The Hall–Kier alpha value is -0.430. The smallest absolute Gasteiger partial charge is 0.244 e. The molecule has 2 heterocycles. The van der Waals surface area contributed by atoms with Gasteiger partial charge in [-0.05, 0) is 66.2 Å². The van der Waals surface area contributed by atoms with E-state index in [9.17, 15) is 8.42 Å². The monoisotopic (exact) mass is 372 g/mol. The number of piperidine rings is 1. The van der Waals surface area contributed by atoms with Gasteiger partial charge in [0, 0.05) is 23.6 Å². The van der Waals surface area contributed by atoms with Crippen LogP contribution in [-0.4, -0.2) is 38.4 Å². The Kier molecular flexibility index (Phi) is 4.69. The van der Waals surface area contributed by atoms with Crippen LogP contribution in [0.4, 0.5) is 0 Å². The molecular formula is C15H21BrN2O2S. The average Bonchev–Trinajstić information content (AvgIpc) is 3.02. The van der Waals surface area contributed by atoms with Crippen molar-refractivity contribution in [2.75, 3.05) is 19.6 Å². The first-order valence-corrected chi connectivity index (χ1v) is 9.80. The molecule has 0 radical (unpaired) electrons. The molecule has 21 heavy (non-hydrogen) atoms. The molecule has 2 aliphatic heterocycles. The van der Waals surface area contributed by atoms with Crippen molar-refractivity contribution >= 4 is 26.0 Å². The lowest BCUT2D eigenvalue weighted by molar-refractivity contribution is 0.226. The largest absolute Gasteiger partial charge is 0.314 e. The number of nitrogens with one attached hydrogen (secondary N) is 1. The number of hydrogen-bond acceptors (Lipinski definition) is 3. The summed E-state index contributed by atoms with van der Waals surface area (Å²) >= 11 is 3.36. The van der Waals surface area contributed by atoms with Gasteiger partial charge in [0.15, 0.2) is 0 Å². The lowest BCUT2D eigenvalue weighted by atomic mass is 9.91. The second-order valence-corrected chi connectivity index (χ2v) is 8.66. The quantitative estimate of drug-likeness (QED) is 0.886. The second kappa shape index (κ2) is 6.36.